The summed E-state index contributed by atoms with van der Waals surface area (Å²) in [7, 11) is 0. The number of carbonyl (C=O) groups is 2. The summed E-state index contributed by atoms with van der Waals surface area (Å²) < 4.78 is 29.5. The normalized spacial score (nSPS) is 23.5. The summed E-state index contributed by atoms with van der Waals surface area (Å²) in [5.74, 6) is -5.80. The molecule has 1 saturated carbocycles. The zero-order chi connectivity index (χ0) is 18.0. The highest BCUT2D eigenvalue weighted by Crippen LogP contribution is 2.48. The molecule has 1 heterocycles. The molecule has 0 radical (unpaired) electrons. The Labute approximate surface area is 147 Å². The number of likely N-dealkylation sites (tertiary alicyclic amines) is 1. The van der Waals surface area contributed by atoms with Gasteiger partial charge in [0, 0.05) is 25.1 Å². The highest BCUT2D eigenvalue weighted by molar-refractivity contribution is 5.88. The van der Waals surface area contributed by atoms with Gasteiger partial charge in [0.25, 0.3) is 5.91 Å². The van der Waals surface area contributed by atoms with Crippen LogP contribution in [0.25, 0.3) is 0 Å². The summed E-state index contributed by atoms with van der Waals surface area (Å²) >= 11 is 0. The molecule has 3 rings (SSSR count). The first-order valence-electron chi connectivity index (χ1n) is 9.52. The number of hydrogen-bond donors (Lipinski definition) is 1. The summed E-state index contributed by atoms with van der Waals surface area (Å²) in [4.78, 5) is 25.2. The van der Waals surface area contributed by atoms with E-state index in [9.17, 15) is 23.5 Å². The van der Waals surface area contributed by atoms with Crippen molar-refractivity contribution >= 4 is 11.9 Å². The molecule has 1 saturated heterocycles. The maximum atomic E-state index is 14.7. The Balaban J connectivity index is 1.82. The number of nitrogens with zero attached hydrogens (tertiary/aromatic N) is 1. The average Bonchev–Trinajstić information content (AvgIpc) is 3.32. The second kappa shape index (κ2) is 7.42. The van der Waals surface area contributed by atoms with Crippen molar-refractivity contribution in [3.63, 3.8) is 0 Å². The van der Waals surface area contributed by atoms with Gasteiger partial charge in [0.15, 0.2) is 0 Å². The minimum Gasteiger partial charge on any atom is -0.478 e. The van der Waals surface area contributed by atoms with E-state index >= 15 is 0 Å². The molecule has 1 unspecified atom stereocenters. The van der Waals surface area contributed by atoms with E-state index in [0.29, 0.717) is 37.1 Å². The number of rotatable bonds is 6. The molecule has 0 bridgehead atoms. The van der Waals surface area contributed by atoms with E-state index in [2.05, 4.69) is 0 Å². The van der Waals surface area contributed by atoms with Gasteiger partial charge in [-0.1, -0.05) is 12.0 Å². The van der Waals surface area contributed by atoms with E-state index in [1.807, 2.05) is 0 Å². The van der Waals surface area contributed by atoms with E-state index in [-0.39, 0.29) is 5.92 Å². The Bertz CT molecular complexity index is 563. The molecule has 1 amide bonds. The lowest BCUT2D eigenvalue weighted by atomic mass is 9.82. The van der Waals surface area contributed by atoms with Crippen LogP contribution in [0, 0.1) is 11.8 Å². The lowest BCUT2D eigenvalue weighted by Crippen LogP contribution is -2.43. The topological polar surface area (TPSA) is 57.6 Å². The molecule has 1 aliphatic heterocycles. The standard InChI is InChI=1S/C19H27F2NO3/c20-19(21,18(25)22-10-4-5-11-22)12-16(13-8-9-13)14-6-2-1-3-7-15(14)17(23)24/h13,16H,1-12H2,(H,23,24). The second-order valence-corrected chi connectivity index (χ2v) is 7.72. The molecule has 140 valence electrons. The predicted octanol–water partition coefficient (Wildman–Crippen LogP) is 4.01. The molecule has 1 N–H and O–H groups in total. The maximum Gasteiger partial charge on any atom is 0.331 e. The van der Waals surface area contributed by atoms with Crippen molar-refractivity contribution in [2.45, 2.75) is 70.1 Å². The minimum atomic E-state index is -3.40. The van der Waals surface area contributed by atoms with Crippen molar-refractivity contribution < 1.29 is 23.5 Å². The van der Waals surface area contributed by atoms with Crippen molar-refractivity contribution in [1.29, 1.82) is 0 Å². The van der Waals surface area contributed by atoms with Crippen LogP contribution in [-0.4, -0.2) is 40.9 Å². The number of halogens is 2. The maximum absolute atomic E-state index is 14.7. The van der Waals surface area contributed by atoms with Gasteiger partial charge >= 0.3 is 11.9 Å². The van der Waals surface area contributed by atoms with Gasteiger partial charge in [0.05, 0.1) is 0 Å². The van der Waals surface area contributed by atoms with Crippen LogP contribution in [0.5, 0.6) is 0 Å². The van der Waals surface area contributed by atoms with Crippen LogP contribution < -0.4 is 0 Å². The third-order valence-corrected chi connectivity index (χ3v) is 5.84. The molecule has 1 atom stereocenters. The van der Waals surface area contributed by atoms with Crippen molar-refractivity contribution in [1.82, 2.24) is 4.90 Å². The Morgan fingerprint density at radius 3 is 2.32 bits per heavy atom. The van der Waals surface area contributed by atoms with Crippen LogP contribution >= 0.6 is 0 Å². The van der Waals surface area contributed by atoms with Gasteiger partial charge in [-0.25, -0.2) is 4.79 Å². The van der Waals surface area contributed by atoms with Crippen molar-refractivity contribution in [2.75, 3.05) is 13.1 Å². The van der Waals surface area contributed by atoms with Crippen molar-refractivity contribution in [3.05, 3.63) is 11.1 Å². The third-order valence-electron chi connectivity index (χ3n) is 5.84. The molecule has 0 spiro atoms. The number of allylic oxidation sites excluding steroid dienone is 1. The van der Waals surface area contributed by atoms with Gasteiger partial charge in [0.2, 0.25) is 0 Å². The number of carbonyl (C=O) groups excluding carboxylic acids is 1. The van der Waals surface area contributed by atoms with Crippen LogP contribution in [0.1, 0.15) is 64.2 Å². The Morgan fingerprint density at radius 1 is 1.08 bits per heavy atom. The average molecular weight is 355 g/mol. The number of amides is 1. The Morgan fingerprint density at radius 2 is 1.72 bits per heavy atom. The monoisotopic (exact) mass is 355 g/mol. The highest BCUT2D eigenvalue weighted by Gasteiger charge is 2.48. The second-order valence-electron chi connectivity index (χ2n) is 7.72. The first kappa shape index (κ1) is 18.3. The predicted molar refractivity (Wildman–Crippen MR) is 89.3 cm³/mol. The van der Waals surface area contributed by atoms with Crippen LogP contribution in [-0.2, 0) is 9.59 Å². The molecule has 0 aromatic rings. The molecule has 2 fully saturated rings. The van der Waals surface area contributed by atoms with Crippen LogP contribution in [0.2, 0.25) is 0 Å². The zero-order valence-electron chi connectivity index (χ0n) is 14.6. The van der Waals surface area contributed by atoms with Gasteiger partial charge < -0.3 is 10.0 Å². The quantitative estimate of drug-likeness (QED) is 0.783. The molecule has 0 aromatic carbocycles. The summed E-state index contributed by atoms with van der Waals surface area (Å²) in [5, 5.41) is 9.54. The fraction of sp³-hybridized carbons (Fsp3) is 0.789. The third kappa shape index (κ3) is 4.21. The molecule has 25 heavy (non-hydrogen) atoms. The molecule has 3 aliphatic rings. The van der Waals surface area contributed by atoms with E-state index in [1.54, 1.807) is 0 Å². The number of aliphatic carboxylic acids is 1. The first-order chi connectivity index (χ1) is 11.9. The lowest BCUT2D eigenvalue weighted by Gasteiger charge is -2.28. The number of hydrogen-bond acceptors (Lipinski definition) is 2. The van der Waals surface area contributed by atoms with Crippen molar-refractivity contribution in [3.8, 4) is 0 Å². The van der Waals surface area contributed by atoms with Gasteiger partial charge in [-0.3, -0.25) is 4.79 Å². The zero-order valence-corrected chi connectivity index (χ0v) is 14.6. The minimum absolute atomic E-state index is 0.111. The van der Waals surface area contributed by atoms with Gasteiger partial charge in [-0.2, -0.15) is 8.78 Å². The van der Waals surface area contributed by atoms with Gasteiger partial charge in [0.1, 0.15) is 0 Å². The fourth-order valence-corrected chi connectivity index (χ4v) is 4.35. The summed E-state index contributed by atoms with van der Waals surface area (Å²) in [6.45, 7) is 0.817. The Hall–Kier alpha value is -1.46. The molecule has 4 nitrogen and oxygen atoms in total. The van der Waals surface area contributed by atoms with E-state index < -0.39 is 30.1 Å². The summed E-state index contributed by atoms with van der Waals surface area (Å²) in [6.07, 6.45) is 6.36. The smallest absolute Gasteiger partial charge is 0.331 e. The number of alkyl halides is 2. The highest BCUT2D eigenvalue weighted by atomic mass is 19.3. The summed E-state index contributed by atoms with van der Waals surface area (Å²) in [6, 6.07) is 0. The first-order valence-corrected chi connectivity index (χ1v) is 9.52. The number of carboxylic acid groups (broad SMARTS) is 1. The SMILES string of the molecule is O=C(O)C1=C(C(CC(F)(F)C(=O)N2CCCC2)C2CC2)CCCCC1. The number of carboxylic acids is 1. The van der Waals surface area contributed by atoms with E-state index in [1.165, 1.54) is 4.90 Å². The summed E-state index contributed by atoms with van der Waals surface area (Å²) in [5.41, 5.74) is 1.03. The van der Waals surface area contributed by atoms with Gasteiger partial charge in [-0.15, -0.1) is 0 Å². The molecule has 6 heteroatoms. The molecular weight excluding hydrogens is 328 g/mol. The fourth-order valence-electron chi connectivity index (χ4n) is 4.35. The van der Waals surface area contributed by atoms with Crippen LogP contribution in [0.3, 0.4) is 0 Å². The Kier molecular flexibility index (Phi) is 5.44. The molecule has 0 aromatic heterocycles. The van der Waals surface area contributed by atoms with E-state index in [4.69, 9.17) is 0 Å². The molecular formula is C19H27F2NO3. The molecule has 2 aliphatic carbocycles. The van der Waals surface area contributed by atoms with Crippen LogP contribution in [0.4, 0.5) is 8.78 Å². The van der Waals surface area contributed by atoms with Crippen molar-refractivity contribution in [2.24, 2.45) is 11.8 Å². The van der Waals surface area contributed by atoms with Crippen LogP contribution in [0.15, 0.2) is 11.1 Å². The largest absolute Gasteiger partial charge is 0.478 e. The van der Waals surface area contributed by atoms with E-state index in [0.717, 1.165) is 44.9 Å². The van der Waals surface area contributed by atoms with Gasteiger partial charge in [-0.05, 0) is 63.2 Å². The lowest BCUT2D eigenvalue weighted by molar-refractivity contribution is -0.158.